The first-order valence-corrected chi connectivity index (χ1v) is 13.9. The lowest BCUT2D eigenvalue weighted by molar-refractivity contribution is -0.141. The average molecular weight is 575 g/mol. The number of alkyl halides is 3. The molecule has 2 saturated heterocycles. The van der Waals surface area contributed by atoms with E-state index in [1.807, 2.05) is 36.9 Å². The molecule has 2 aromatic heterocycles. The van der Waals surface area contributed by atoms with Gasteiger partial charge in [0.2, 0.25) is 11.8 Å². The SMILES string of the molecule is [C-]#[N+]c1cc(C(C)C)c2oc(-c3ccc(C(=O)N4CCC5(CCN(c6nccc(C(F)(F)F)n6)CC5)C4)cc3)nc2c1. The van der Waals surface area contributed by atoms with Crippen LogP contribution in [0, 0.1) is 12.0 Å². The first-order chi connectivity index (χ1) is 20.0. The fraction of sp³-hybridized carbons (Fsp3) is 0.387. The number of hydrogen-bond donors (Lipinski definition) is 0. The standard InChI is InChI=1S/C31H29F3N6O2/c1-19(2)23-16-22(35-3)17-24-26(23)42-27(37-24)20-4-6-21(7-5-20)28(41)40-15-11-30(18-40)9-13-39(14-10-30)29-36-12-8-25(38-29)31(32,33)34/h4-8,12,16-17,19H,9-11,13-15,18H2,1-2H3. The molecule has 0 bridgehead atoms. The van der Waals surface area contributed by atoms with Gasteiger partial charge >= 0.3 is 6.18 Å². The summed E-state index contributed by atoms with van der Waals surface area (Å²) >= 11 is 0. The predicted octanol–water partition coefficient (Wildman–Crippen LogP) is 7.11. The Hall–Kier alpha value is -4.46. The summed E-state index contributed by atoms with van der Waals surface area (Å²) < 4.78 is 45.4. The average Bonchev–Trinajstić information content (AvgIpc) is 3.61. The molecular weight excluding hydrogens is 545 g/mol. The van der Waals surface area contributed by atoms with Gasteiger partial charge in [-0.1, -0.05) is 13.8 Å². The molecule has 0 N–H and O–H groups in total. The Balaban J connectivity index is 1.12. The van der Waals surface area contributed by atoms with E-state index < -0.39 is 11.9 Å². The lowest BCUT2D eigenvalue weighted by atomic mass is 9.78. The smallest absolute Gasteiger partial charge is 0.433 e. The summed E-state index contributed by atoms with van der Waals surface area (Å²) in [5, 5.41) is 0. The molecule has 2 aromatic carbocycles. The number of carbonyl (C=O) groups is 1. The molecular formula is C31H29F3N6O2. The van der Waals surface area contributed by atoms with Gasteiger partial charge < -0.3 is 14.2 Å². The van der Waals surface area contributed by atoms with Crippen LogP contribution in [0.2, 0.25) is 0 Å². The van der Waals surface area contributed by atoms with Gasteiger partial charge in [0.05, 0.1) is 12.1 Å². The van der Waals surface area contributed by atoms with Crippen LogP contribution in [0.15, 0.2) is 53.1 Å². The van der Waals surface area contributed by atoms with Crippen molar-refractivity contribution in [2.45, 2.75) is 45.2 Å². The van der Waals surface area contributed by atoms with Crippen molar-refractivity contribution in [1.29, 1.82) is 0 Å². The number of oxazole rings is 1. The fourth-order valence-corrected chi connectivity index (χ4v) is 5.95. The molecule has 42 heavy (non-hydrogen) atoms. The van der Waals surface area contributed by atoms with E-state index in [1.165, 1.54) is 0 Å². The molecule has 0 unspecified atom stereocenters. The number of benzene rings is 2. The number of amides is 1. The molecule has 216 valence electrons. The van der Waals surface area contributed by atoms with Crippen molar-refractivity contribution >= 4 is 28.6 Å². The van der Waals surface area contributed by atoms with Crippen molar-refractivity contribution < 1.29 is 22.4 Å². The molecule has 0 saturated carbocycles. The number of hydrogen-bond acceptors (Lipinski definition) is 6. The first-order valence-electron chi connectivity index (χ1n) is 13.9. The summed E-state index contributed by atoms with van der Waals surface area (Å²) in [6.45, 7) is 13.8. The third-order valence-corrected chi connectivity index (χ3v) is 8.40. The van der Waals surface area contributed by atoms with Gasteiger partial charge in [0, 0.05) is 43.5 Å². The van der Waals surface area contributed by atoms with Crippen LogP contribution in [-0.2, 0) is 6.18 Å². The highest BCUT2D eigenvalue weighted by atomic mass is 19.4. The van der Waals surface area contributed by atoms with Crippen LogP contribution in [0.4, 0.5) is 24.8 Å². The van der Waals surface area contributed by atoms with Crippen molar-refractivity contribution in [3.05, 3.63) is 76.9 Å². The van der Waals surface area contributed by atoms with Crippen molar-refractivity contribution in [3.63, 3.8) is 0 Å². The minimum Gasteiger partial charge on any atom is -0.436 e. The van der Waals surface area contributed by atoms with Gasteiger partial charge in [0.25, 0.3) is 5.91 Å². The Morgan fingerprint density at radius 3 is 2.43 bits per heavy atom. The van der Waals surface area contributed by atoms with Gasteiger partial charge in [-0.3, -0.25) is 4.79 Å². The monoisotopic (exact) mass is 574 g/mol. The summed E-state index contributed by atoms with van der Waals surface area (Å²) in [6, 6.07) is 11.6. The van der Waals surface area contributed by atoms with E-state index in [1.54, 1.807) is 23.1 Å². The van der Waals surface area contributed by atoms with Crippen LogP contribution in [-0.4, -0.2) is 51.9 Å². The zero-order valence-corrected chi connectivity index (χ0v) is 23.3. The molecule has 2 aliphatic rings. The van der Waals surface area contributed by atoms with E-state index in [4.69, 9.17) is 11.0 Å². The van der Waals surface area contributed by atoms with E-state index >= 15 is 0 Å². The lowest BCUT2D eigenvalue weighted by Gasteiger charge is -2.39. The third kappa shape index (κ3) is 5.17. The predicted molar refractivity (Wildman–Crippen MR) is 151 cm³/mol. The largest absolute Gasteiger partial charge is 0.436 e. The maximum Gasteiger partial charge on any atom is 0.433 e. The first kappa shape index (κ1) is 27.7. The van der Waals surface area contributed by atoms with Gasteiger partial charge in [0.15, 0.2) is 11.3 Å². The van der Waals surface area contributed by atoms with Gasteiger partial charge in [-0.15, -0.1) is 0 Å². The molecule has 2 fully saturated rings. The molecule has 0 atom stereocenters. The summed E-state index contributed by atoms with van der Waals surface area (Å²) in [5.74, 6) is 0.643. The number of fused-ring (bicyclic) bond motifs is 1. The number of nitrogens with zero attached hydrogens (tertiary/aromatic N) is 6. The van der Waals surface area contributed by atoms with E-state index in [0.717, 1.165) is 42.7 Å². The highest BCUT2D eigenvalue weighted by molar-refractivity contribution is 5.95. The number of piperidine rings is 1. The zero-order chi connectivity index (χ0) is 29.6. The van der Waals surface area contributed by atoms with Crippen molar-refractivity contribution in [1.82, 2.24) is 19.9 Å². The lowest BCUT2D eigenvalue weighted by Crippen LogP contribution is -2.43. The van der Waals surface area contributed by atoms with E-state index in [0.29, 0.717) is 54.4 Å². The second-order valence-corrected chi connectivity index (χ2v) is 11.4. The van der Waals surface area contributed by atoms with Crippen LogP contribution in [0.25, 0.3) is 27.4 Å². The zero-order valence-electron chi connectivity index (χ0n) is 23.3. The number of likely N-dealkylation sites (tertiary alicyclic amines) is 1. The van der Waals surface area contributed by atoms with Gasteiger partial charge in [0.1, 0.15) is 5.69 Å². The summed E-state index contributed by atoms with van der Waals surface area (Å²) in [6.07, 6.45) is -1.01. The van der Waals surface area contributed by atoms with Crippen LogP contribution in [0.5, 0.6) is 0 Å². The number of aromatic nitrogens is 3. The third-order valence-electron chi connectivity index (χ3n) is 8.40. The summed E-state index contributed by atoms with van der Waals surface area (Å²) in [7, 11) is 0. The van der Waals surface area contributed by atoms with E-state index in [-0.39, 0.29) is 23.2 Å². The van der Waals surface area contributed by atoms with Gasteiger partial charge in [-0.05, 0) is 78.6 Å². The Labute approximate surface area is 241 Å². The molecule has 2 aliphatic heterocycles. The minimum absolute atomic E-state index is 0.0524. The highest BCUT2D eigenvalue weighted by Gasteiger charge is 2.43. The molecule has 0 radical (unpaired) electrons. The van der Waals surface area contributed by atoms with Crippen LogP contribution in [0.3, 0.4) is 0 Å². The maximum atomic E-state index is 13.4. The fourth-order valence-electron chi connectivity index (χ4n) is 5.95. The Morgan fingerprint density at radius 2 is 1.76 bits per heavy atom. The molecule has 0 aliphatic carbocycles. The molecule has 4 aromatic rings. The second-order valence-electron chi connectivity index (χ2n) is 11.4. The Morgan fingerprint density at radius 1 is 1.05 bits per heavy atom. The van der Waals surface area contributed by atoms with Crippen molar-refractivity contribution in [2.24, 2.45) is 5.41 Å². The molecule has 1 spiro atoms. The Kier molecular flexibility index (Phi) is 6.87. The maximum absolute atomic E-state index is 13.4. The van der Waals surface area contributed by atoms with E-state index in [9.17, 15) is 18.0 Å². The van der Waals surface area contributed by atoms with Crippen molar-refractivity contribution in [3.8, 4) is 11.5 Å². The highest BCUT2D eigenvalue weighted by Crippen LogP contribution is 2.42. The number of carbonyl (C=O) groups excluding carboxylic acids is 1. The molecule has 8 nitrogen and oxygen atoms in total. The van der Waals surface area contributed by atoms with Gasteiger partial charge in [-0.2, -0.15) is 13.2 Å². The molecule has 6 rings (SSSR count). The second kappa shape index (κ2) is 10.4. The van der Waals surface area contributed by atoms with Crippen LogP contribution >= 0.6 is 0 Å². The number of anilines is 1. The molecule has 4 heterocycles. The number of halogens is 3. The van der Waals surface area contributed by atoms with Crippen LogP contribution in [0.1, 0.15) is 60.6 Å². The minimum atomic E-state index is -4.51. The number of rotatable bonds is 4. The quantitative estimate of drug-likeness (QED) is 0.242. The Bertz CT molecular complexity index is 1680. The van der Waals surface area contributed by atoms with Crippen molar-refractivity contribution in [2.75, 3.05) is 31.1 Å². The molecule has 11 heteroatoms. The summed E-state index contributed by atoms with van der Waals surface area (Å²) in [4.78, 5) is 33.0. The molecule has 1 amide bonds. The summed E-state index contributed by atoms with van der Waals surface area (Å²) in [5.41, 5.74) is 3.05. The normalized spacial score (nSPS) is 16.9. The van der Waals surface area contributed by atoms with Gasteiger partial charge in [-0.25, -0.2) is 19.8 Å². The topological polar surface area (TPSA) is 79.7 Å². The van der Waals surface area contributed by atoms with Crippen LogP contribution < -0.4 is 4.90 Å². The van der Waals surface area contributed by atoms with E-state index in [2.05, 4.69) is 19.8 Å².